The fourth-order valence-corrected chi connectivity index (χ4v) is 4.72. The molecular weight excluding hydrogens is 521 g/mol. The number of hydrogen-bond donors (Lipinski definition) is 1. The predicted molar refractivity (Wildman–Crippen MR) is 126 cm³/mol. The molecule has 0 amide bonds. The first-order chi connectivity index (χ1) is 15.7. The number of hydrogen-bond acceptors (Lipinski definition) is 6. The lowest BCUT2D eigenvalue weighted by atomic mass is 9.94. The topological polar surface area (TPSA) is 70.0 Å². The molecule has 166 valence electrons. The van der Waals surface area contributed by atoms with Gasteiger partial charge in [0.05, 0.1) is 12.7 Å². The monoisotopic (exact) mass is 545 g/mol. The summed E-state index contributed by atoms with van der Waals surface area (Å²) in [5.74, 6) is 0. The molecule has 3 aromatic rings. The van der Waals surface area contributed by atoms with E-state index < -0.39 is 30.9 Å². The molecule has 1 aromatic heterocycles. The maximum Gasteiger partial charge on any atom is 0.184 e. The van der Waals surface area contributed by atoms with Gasteiger partial charge in [0.15, 0.2) is 12.6 Å². The van der Waals surface area contributed by atoms with Crippen LogP contribution in [0.5, 0.6) is 0 Å². The fourth-order valence-electron chi connectivity index (χ4n) is 4.20. The molecule has 7 heteroatoms. The normalized spacial score (nSPS) is 29.9. The Morgan fingerprint density at radius 3 is 1.88 bits per heavy atom. The lowest BCUT2D eigenvalue weighted by Gasteiger charge is -2.49. The van der Waals surface area contributed by atoms with Crippen molar-refractivity contribution in [3.8, 4) is 0 Å². The molecule has 6 atom stereocenters. The highest BCUT2D eigenvalue weighted by molar-refractivity contribution is 14.1. The highest BCUT2D eigenvalue weighted by atomic mass is 127. The molecule has 1 N–H and O–H groups in total. The van der Waals surface area contributed by atoms with Gasteiger partial charge in [0.1, 0.15) is 18.3 Å². The van der Waals surface area contributed by atoms with Crippen LogP contribution >= 0.6 is 22.6 Å². The zero-order chi connectivity index (χ0) is 21.9. The van der Waals surface area contributed by atoms with Gasteiger partial charge in [-0.2, -0.15) is 0 Å². The van der Waals surface area contributed by atoms with E-state index in [4.69, 9.17) is 18.9 Å². The number of fused-ring (bicyclic) bond motifs is 1. The number of halogens is 1. The first kappa shape index (κ1) is 21.9. The van der Waals surface area contributed by atoms with E-state index in [1.54, 1.807) is 6.20 Å². The van der Waals surface area contributed by atoms with Gasteiger partial charge in [-0.05, 0) is 34.2 Å². The molecule has 32 heavy (non-hydrogen) atoms. The first-order valence-electron chi connectivity index (χ1n) is 10.6. The van der Waals surface area contributed by atoms with Crippen LogP contribution in [0.25, 0.3) is 0 Å². The van der Waals surface area contributed by atoms with Gasteiger partial charge in [-0.15, -0.1) is 0 Å². The highest BCUT2D eigenvalue weighted by Gasteiger charge is 2.50. The van der Waals surface area contributed by atoms with Crippen LogP contribution in [-0.4, -0.2) is 41.1 Å². The Morgan fingerprint density at radius 2 is 1.31 bits per heavy atom. The molecule has 0 aliphatic carbocycles. The molecule has 0 saturated carbocycles. The fraction of sp³-hybridized carbons (Fsp3) is 0.320. The van der Waals surface area contributed by atoms with E-state index >= 15 is 0 Å². The van der Waals surface area contributed by atoms with E-state index in [-0.39, 0.29) is 12.7 Å². The van der Waals surface area contributed by atoms with Crippen molar-refractivity contribution in [3.63, 3.8) is 0 Å². The third-order valence-corrected chi connectivity index (χ3v) is 6.86. The molecule has 6 nitrogen and oxygen atoms in total. The van der Waals surface area contributed by atoms with Crippen molar-refractivity contribution < 1.29 is 24.1 Å². The maximum atomic E-state index is 10.2. The first-order valence-corrected chi connectivity index (χ1v) is 11.7. The van der Waals surface area contributed by atoms with Gasteiger partial charge in [-0.3, -0.25) is 4.98 Å². The quantitative estimate of drug-likeness (QED) is 0.486. The minimum atomic E-state index is -0.606. The molecule has 3 heterocycles. The summed E-state index contributed by atoms with van der Waals surface area (Å²) in [4.78, 5) is 4.29. The Hall–Kier alpha value is -1.88. The summed E-state index contributed by atoms with van der Waals surface area (Å²) in [5.41, 5.74) is 2.89. The average Bonchev–Trinajstić information content (AvgIpc) is 2.86. The molecule has 2 fully saturated rings. The predicted octanol–water partition coefficient (Wildman–Crippen LogP) is 4.19. The minimum absolute atomic E-state index is 0.174. The summed E-state index contributed by atoms with van der Waals surface area (Å²) in [6.45, 7) is -0.174. The molecule has 2 saturated heterocycles. The molecule has 5 rings (SSSR count). The van der Waals surface area contributed by atoms with E-state index in [0.717, 1.165) is 20.3 Å². The largest absolute Gasteiger partial charge is 0.394 e. The summed E-state index contributed by atoms with van der Waals surface area (Å²) in [5, 5.41) is 10.2. The van der Waals surface area contributed by atoms with Crippen molar-refractivity contribution in [3.05, 3.63) is 99.4 Å². The Kier molecular flexibility index (Phi) is 6.82. The molecule has 2 aromatic carbocycles. The SMILES string of the molecule is OCC1OC(c2ccccc2)OC2C(Cc3cnccc3I)OC(c3ccccc3)OC12. The zero-order valence-corrected chi connectivity index (χ0v) is 19.4. The number of aliphatic hydroxyl groups is 1. The van der Waals surface area contributed by atoms with E-state index in [0.29, 0.717) is 6.42 Å². The number of nitrogens with zero attached hydrogens (tertiary/aromatic N) is 1. The standard InChI is InChI=1S/C25H24INO5/c26-19-11-12-27-14-18(19)13-20-22-23(32-24(29-20)16-7-3-1-4-8-16)21(15-28)30-25(31-22)17-9-5-2-6-10-17/h1-12,14,20-25,28H,13,15H2. The van der Waals surface area contributed by atoms with Crippen LogP contribution in [0, 0.1) is 3.57 Å². The van der Waals surface area contributed by atoms with Crippen LogP contribution in [0.3, 0.4) is 0 Å². The van der Waals surface area contributed by atoms with E-state index in [2.05, 4.69) is 27.6 Å². The summed E-state index contributed by atoms with van der Waals surface area (Å²) >= 11 is 2.31. The molecule has 0 bridgehead atoms. The molecule has 2 aliphatic heterocycles. The van der Waals surface area contributed by atoms with Crippen molar-refractivity contribution in [2.75, 3.05) is 6.61 Å². The second-order valence-corrected chi connectivity index (χ2v) is 9.05. The second-order valence-electron chi connectivity index (χ2n) is 7.89. The van der Waals surface area contributed by atoms with Crippen LogP contribution in [0.15, 0.2) is 79.1 Å². The summed E-state index contributed by atoms with van der Waals surface area (Å²) in [6.07, 6.45) is 1.34. The Morgan fingerprint density at radius 1 is 0.750 bits per heavy atom. The number of ether oxygens (including phenoxy) is 4. The zero-order valence-electron chi connectivity index (χ0n) is 17.3. The van der Waals surface area contributed by atoms with Crippen LogP contribution in [0.2, 0.25) is 0 Å². The third kappa shape index (κ3) is 4.59. The lowest BCUT2D eigenvalue weighted by molar-refractivity contribution is -0.384. The number of aromatic nitrogens is 1. The van der Waals surface area contributed by atoms with Gasteiger partial charge in [-0.25, -0.2) is 0 Å². The van der Waals surface area contributed by atoms with Gasteiger partial charge in [0, 0.05) is 33.5 Å². The maximum absolute atomic E-state index is 10.2. The lowest BCUT2D eigenvalue weighted by Crippen LogP contribution is -2.59. The van der Waals surface area contributed by atoms with Crippen LogP contribution in [0.4, 0.5) is 0 Å². The summed E-state index contributed by atoms with van der Waals surface area (Å²) in [6, 6.07) is 21.5. The Bertz CT molecular complexity index is 1020. The highest BCUT2D eigenvalue weighted by Crippen LogP contribution is 2.41. The van der Waals surface area contributed by atoms with Crippen LogP contribution in [0.1, 0.15) is 29.3 Å². The Balaban J connectivity index is 1.48. The van der Waals surface area contributed by atoms with Gasteiger partial charge >= 0.3 is 0 Å². The number of benzene rings is 2. The number of aliphatic hydroxyl groups excluding tert-OH is 1. The van der Waals surface area contributed by atoms with Crippen molar-refractivity contribution in [2.45, 2.75) is 43.4 Å². The number of rotatable bonds is 5. The Labute approximate surface area is 200 Å². The summed E-state index contributed by atoms with van der Waals surface area (Å²) < 4.78 is 26.4. The van der Waals surface area contributed by atoms with E-state index in [9.17, 15) is 5.11 Å². The van der Waals surface area contributed by atoms with Gasteiger partial charge in [-0.1, -0.05) is 60.7 Å². The molecule has 0 spiro atoms. The molecular formula is C25H24INO5. The van der Waals surface area contributed by atoms with Crippen molar-refractivity contribution in [1.82, 2.24) is 4.98 Å². The average molecular weight is 545 g/mol. The minimum Gasteiger partial charge on any atom is -0.394 e. The van der Waals surface area contributed by atoms with Crippen LogP contribution < -0.4 is 0 Å². The van der Waals surface area contributed by atoms with Crippen molar-refractivity contribution in [2.24, 2.45) is 0 Å². The van der Waals surface area contributed by atoms with E-state index in [1.807, 2.05) is 72.9 Å². The van der Waals surface area contributed by atoms with Crippen molar-refractivity contribution in [1.29, 1.82) is 0 Å². The van der Waals surface area contributed by atoms with Gasteiger partial charge in [0.2, 0.25) is 0 Å². The van der Waals surface area contributed by atoms with Crippen LogP contribution in [-0.2, 0) is 25.4 Å². The second kappa shape index (κ2) is 9.94. The van der Waals surface area contributed by atoms with Gasteiger partial charge < -0.3 is 24.1 Å². The van der Waals surface area contributed by atoms with E-state index in [1.165, 1.54) is 0 Å². The van der Waals surface area contributed by atoms with Crippen molar-refractivity contribution >= 4 is 22.6 Å². The number of pyridine rings is 1. The summed E-state index contributed by atoms with van der Waals surface area (Å²) in [7, 11) is 0. The molecule has 6 unspecified atom stereocenters. The third-order valence-electron chi connectivity index (χ3n) is 5.80. The molecule has 0 radical (unpaired) electrons. The van der Waals surface area contributed by atoms with Gasteiger partial charge in [0.25, 0.3) is 0 Å². The molecule has 2 aliphatic rings. The smallest absolute Gasteiger partial charge is 0.184 e.